The molecule has 3 fully saturated rings. The van der Waals surface area contributed by atoms with Crippen LogP contribution in [-0.2, 0) is 0 Å². The number of fused-ring (bicyclic) bond motifs is 3. The van der Waals surface area contributed by atoms with Gasteiger partial charge in [0.15, 0.2) is 0 Å². The zero-order valence-electron chi connectivity index (χ0n) is 13.8. The average molecular weight is 326 g/mol. The number of rotatable bonds is 4. The first-order valence-corrected chi connectivity index (χ1v) is 8.57. The minimum absolute atomic E-state index is 0.00912. The topological polar surface area (TPSA) is 54.7 Å². The standard InChI is InChI=1S/C19H22N2O3/c1-13-18(14-8-10-21(13)11-9-14)20-19(22)15-4-6-16(7-5-15)24-17-3-2-12-23-17/h2-7,12-14,18H,8-11H2,1H3,(H,20,22)/t13-,18-/m0/s1. The van der Waals surface area contributed by atoms with Crippen LogP contribution in [0.25, 0.3) is 0 Å². The Morgan fingerprint density at radius 3 is 2.58 bits per heavy atom. The summed E-state index contributed by atoms with van der Waals surface area (Å²) in [5.41, 5.74) is 0.658. The number of nitrogens with zero attached hydrogens (tertiary/aromatic N) is 1. The Morgan fingerprint density at radius 2 is 1.96 bits per heavy atom. The van der Waals surface area contributed by atoms with Gasteiger partial charge in [0, 0.05) is 23.7 Å². The van der Waals surface area contributed by atoms with Gasteiger partial charge in [-0.2, -0.15) is 0 Å². The fraction of sp³-hybridized carbons (Fsp3) is 0.421. The van der Waals surface area contributed by atoms with E-state index in [0.29, 0.717) is 29.2 Å². The van der Waals surface area contributed by atoms with Crippen molar-refractivity contribution in [1.29, 1.82) is 0 Å². The Bertz CT molecular complexity index is 686. The summed E-state index contributed by atoms with van der Waals surface area (Å²) in [7, 11) is 0. The number of benzene rings is 1. The molecule has 2 atom stereocenters. The highest BCUT2D eigenvalue weighted by Crippen LogP contribution is 2.32. The van der Waals surface area contributed by atoms with Crippen LogP contribution in [0, 0.1) is 5.92 Å². The number of hydrogen-bond acceptors (Lipinski definition) is 4. The minimum atomic E-state index is -0.00912. The van der Waals surface area contributed by atoms with Gasteiger partial charge < -0.3 is 14.5 Å². The van der Waals surface area contributed by atoms with E-state index in [9.17, 15) is 4.79 Å². The summed E-state index contributed by atoms with van der Waals surface area (Å²) in [5, 5.41) is 3.24. The molecule has 0 aliphatic carbocycles. The molecule has 0 unspecified atom stereocenters. The van der Waals surface area contributed by atoms with Crippen molar-refractivity contribution in [2.24, 2.45) is 5.92 Å². The number of furan rings is 1. The number of carbonyl (C=O) groups excluding carboxylic acids is 1. The van der Waals surface area contributed by atoms with E-state index in [0.717, 1.165) is 13.1 Å². The molecule has 0 radical (unpaired) electrons. The second kappa shape index (κ2) is 6.32. The second-order valence-electron chi connectivity index (χ2n) is 6.67. The summed E-state index contributed by atoms with van der Waals surface area (Å²) in [6.45, 7) is 4.55. The van der Waals surface area contributed by atoms with Crippen molar-refractivity contribution in [2.45, 2.75) is 31.8 Å². The fourth-order valence-electron chi connectivity index (χ4n) is 3.89. The molecule has 126 valence electrons. The summed E-state index contributed by atoms with van der Waals surface area (Å²) in [5.74, 6) is 1.69. The normalized spacial score (nSPS) is 28.5. The van der Waals surface area contributed by atoms with Crippen LogP contribution in [0.15, 0.2) is 47.1 Å². The van der Waals surface area contributed by atoms with Crippen molar-refractivity contribution in [3.8, 4) is 11.7 Å². The summed E-state index contributed by atoms with van der Waals surface area (Å²) >= 11 is 0. The van der Waals surface area contributed by atoms with Crippen LogP contribution < -0.4 is 10.1 Å². The van der Waals surface area contributed by atoms with E-state index < -0.39 is 0 Å². The highest BCUT2D eigenvalue weighted by Gasteiger charge is 2.40. The molecule has 1 N–H and O–H groups in total. The van der Waals surface area contributed by atoms with E-state index in [4.69, 9.17) is 9.15 Å². The first-order valence-electron chi connectivity index (χ1n) is 8.57. The Labute approximate surface area is 141 Å². The molecule has 1 amide bonds. The molecule has 2 bridgehead atoms. The summed E-state index contributed by atoms with van der Waals surface area (Å²) < 4.78 is 10.7. The Balaban J connectivity index is 1.41. The maximum absolute atomic E-state index is 12.6. The van der Waals surface area contributed by atoms with Gasteiger partial charge in [0.05, 0.1) is 6.26 Å². The zero-order valence-corrected chi connectivity index (χ0v) is 13.8. The van der Waals surface area contributed by atoms with Crippen LogP contribution in [0.2, 0.25) is 0 Å². The third-order valence-corrected chi connectivity index (χ3v) is 5.31. The van der Waals surface area contributed by atoms with Crippen LogP contribution in [-0.4, -0.2) is 36.0 Å². The maximum Gasteiger partial charge on any atom is 0.289 e. The molecule has 3 aliphatic rings. The molecule has 3 saturated heterocycles. The molecule has 1 aromatic heterocycles. The number of hydrogen-bond donors (Lipinski definition) is 1. The molecule has 4 heterocycles. The van der Waals surface area contributed by atoms with E-state index in [1.807, 2.05) is 0 Å². The Hall–Kier alpha value is -2.27. The number of ether oxygens (including phenoxy) is 1. The molecule has 0 saturated carbocycles. The Kier molecular flexibility index (Phi) is 4.02. The highest BCUT2D eigenvalue weighted by molar-refractivity contribution is 5.94. The van der Waals surface area contributed by atoms with Crippen LogP contribution in [0.1, 0.15) is 30.1 Å². The van der Waals surface area contributed by atoms with E-state index in [1.54, 1.807) is 42.7 Å². The van der Waals surface area contributed by atoms with Crippen molar-refractivity contribution in [3.63, 3.8) is 0 Å². The second-order valence-corrected chi connectivity index (χ2v) is 6.67. The van der Waals surface area contributed by atoms with Gasteiger partial charge in [-0.1, -0.05) is 0 Å². The third kappa shape index (κ3) is 2.91. The van der Waals surface area contributed by atoms with Crippen molar-refractivity contribution in [2.75, 3.05) is 13.1 Å². The average Bonchev–Trinajstić information content (AvgIpc) is 3.12. The van der Waals surface area contributed by atoms with Crippen molar-refractivity contribution in [3.05, 3.63) is 48.2 Å². The molecule has 3 aliphatic heterocycles. The van der Waals surface area contributed by atoms with Gasteiger partial charge in [-0.3, -0.25) is 9.69 Å². The lowest BCUT2D eigenvalue weighted by Crippen LogP contribution is -2.62. The van der Waals surface area contributed by atoms with Crippen LogP contribution in [0.3, 0.4) is 0 Å². The number of amides is 1. The van der Waals surface area contributed by atoms with Gasteiger partial charge in [-0.25, -0.2) is 0 Å². The molecule has 5 rings (SSSR count). The highest BCUT2D eigenvalue weighted by atomic mass is 16.6. The van der Waals surface area contributed by atoms with Crippen molar-refractivity contribution >= 4 is 5.91 Å². The Morgan fingerprint density at radius 1 is 1.21 bits per heavy atom. The largest absolute Gasteiger partial charge is 0.434 e. The number of nitrogens with one attached hydrogen (secondary N) is 1. The quantitative estimate of drug-likeness (QED) is 0.937. The molecular weight excluding hydrogens is 304 g/mol. The van der Waals surface area contributed by atoms with Crippen LogP contribution in [0.5, 0.6) is 11.7 Å². The van der Waals surface area contributed by atoms with Gasteiger partial charge in [0.25, 0.3) is 11.9 Å². The van der Waals surface area contributed by atoms with Crippen LogP contribution >= 0.6 is 0 Å². The molecular formula is C19H22N2O3. The lowest BCUT2D eigenvalue weighted by Gasteiger charge is -2.49. The zero-order chi connectivity index (χ0) is 16.5. The van der Waals surface area contributed by atoms with E-state index in [-0.39, 0.29) is 11.9 Å². The first kappa shape index (κ1) is 15.3. The van der Waals surface area contributed by atoms with E-state index in [1.165, 1.54) is 12.8 Å². The predicted molar refractivity (Wildman–Crippen MR) is 90.2 cm³/mol. The molecule has 1 aromatic carbocycles. The summed E-state index contributed by atoms with van der Waals surface area (Å²) in [6.07, 6.45) is 3.93. The first-order chi connectivity index (χ1) is 11.7. The van der Waals surface area contributed by atoms with Crippen LogP contribution in [0.4, 0.5) is 0 Å². The van der Waals surface area contributed by atoms with Crippen molar-refractivity contribution < 1.29 is 13.9 Å². The summed E-state index contributed by atoms with van der Waals surface area (Å²) in [6, 6.07) is 11.3. The van der Waals surface area contributed by atoms with Crippen molar-refractivity contribution in [1.82, 2.24) is 10.2 Å². The van der Waals surface area contributed by atoms with E-state index >= 15 is 0 Å². The molecule has 0 spiro atoms. The molecule has 24 heavy (non-hydrogen) atoms. The van der Waals surface area contributed by atoms with E-state index in [2.05, 4.69) is 17.1 Å². The lowest BCUT2D eigenvalue weighted by molar-refractivity contribution is 0.0217. The lowest BCUT2D eigenvalue weighted by atomic mass is 9.79. The molecule has 5 nitrogen and oxygen atoms in total. The fourth-order valence-corrected chi connectivity index (χ4v) is 3.89. The molecule has 5 heteroatoms. The van der Waals surface area contributed by atoms with Gasteiger partial charge in [-0.05, 0) is 69.1 Å². The maximum atomic E-state index is 12.6. The monoisotopic (exact) mass is 326 g/mol. The van der Waals surface area contributed by atoms with Gasteiger partial charge in [0.2, 0.25) is 0 Å². The number of piperidine rings is 3. The predicted octanol–water partition coefficient (Wildman–Crippen LogP) is 3.28. The third-order valence-electron chi connectivity index (χ3n) is 5.31. The SMILES string of the molecule is C[C@H]1[C@H](NC(=O)c2ccc(Oc3ccco3)cc2)C2CCN1CC2. The van der Waals surface area contributed by atoms with Gasteiger partial charge >= 0.3 is 0 Å². The van der Waals surface area contributed by atoms with Gasteiger partial charge in [0.1, 0.15) is 5.75 Å². The molecule has 2 aromatic rings. The van der Waals surface area contributed by atoms with Gasteiger partial charge in [-0.15, -0.1) is 0 Å². The number of carbonyl (C=O) groups is 1. The minimum Gasteiger partial charge on any atom is -0.434 e. The smallest absolute Gasteiger partial charge is 0.289 e. The summed E-state index contributed by atoms with van der Waals surface area (Å²) in [4.78, 5) is 15.1.